The number of nitrogens with one attached hydrogen (secondary N) is 3. The topological polar surface area (TPSA) is 276 Å². The standard InChI is InChI=1S/C24H27FN4O2.C19H19FN4.C14H12FNO.C11H19NO3.2C2H4O2.Cu/c1-24(2,3)31-23(30)29-14-10-18(11-15-29)22-27-20(16-4-6-19(25)7-5-16)21(28-22)17-8-12-26-13-9-17;20-16-3-1-13(2-4-16)17-18(14-5-9-21-10-6-14)24-19(23-17)15-7-11-22-12-8-15;1-10(11-6-8-16-9-7-11)14(17)12-2-4-13(15)5-3-12;1-11(2,3)15-10(14)12-6-4-9(8-13)5-7-12;2*1-2(3)4;/h4-9,12-13,18H,10-11,14-15H2,1-3H3,(H,27,28);1-6,9-10,15,22H,7-8,11-12H2,(H,23,24);2-10H,1H3;8-9H,4-7H2,1-3H3;2*1H3,(H,3,4);. The van der Waals surface area contributed by atoms with Gasteiger partial charge in [0, 0.05) is 146 Å². The van der Waals surface area contributed by atoms with Crippen LogP contribution in [0.15, 0.2) is 146 Å². The summed E-state index contributed by atoms with van der Waals surface area (Å²) in [5, 5.41) is 18.2. The van der Waals surface area contributed by atoms with Crippen LogP contribution in [0.4, 0.5) is 22.8 Å². The number of H-pyrrole nitrogens is 2. The first-order valence-electron chi connectivity index (χ1n) is 31.4. The third-order valence-corrected chi connectivity index (χ3v) is 15.0. The Kier molecular flexibility index (Phi) is 30.3. The molecule has 5 N–H and O–H groups in total. The van der Waals surface area contributed by atoms with Crippen LogP contribution in [-0.2, 0) is 40.9 Å². The molecule has 0 spiro atoms. The van der Waals surface area contributed by atoms with Gasteiger partial charge >= 0.3 is 12.2 Å². The van der Waals surface area contributed by atoms with E-state index in [1.54, 1.807) is 71.2 Å². The summed E-state index contributed by atoms with van der Waals surface area (Å²) in [6.07, 6.45) is 16.0. The molecule has 20 nitrogen and oxygen atoms in total. The predicted molar refractivity (Wildman–Crippen MR) is 356 cm³/mol. The molecule has 8 heterocycles. The van der Waals surface area contributed by atoms with Crippen molar-refractivity contribution in [1.82, 2.24) is 50.0 Å². The van der Waals surface area contributed by atoms with Gasteiger partial charge in [0.1, 0.15) is 46.6 Å². The fraction of sp³-hybridized carbons (Fsp3) is 0.375. The van der Waals surface area contributed by atoms with Crippen LogP contribution in [0.2, 0.25) is 0 Å². The number of likely N-dealkylation sites (tertiary alicyclic amines) is 2. The Morgan fingerprint density at radius 3 is 1.21 bits per heavy atom. The zero-order chi connectivity index (χ0) is 69.2. The van der Waals surface area contributed by atoms with Crippen molar-refractivity contribution in [2.45, 2.75) is 130 Å². The van der Waals surface area contributed by atoms with E-state index in [0.717, 1.165) is 134 Å². The molecule has 0 aliphatic carbocycles. The molecule has 3 aliphatic heterocycles. The van der Waals surface area contributed by atoms with Crippen LogP contribution in [0, 0.1) is 23.4 Å². The molecular formula is C72H85CuF3N10O10. The molecule has 515 valence electrons. The first-order valence-corrected chi connectivity index (χ1v) is 31.4. The summed E-state index contributed by atoms with van der Waals surface area (Å²) in [5.41, 5.74) is 7.78. The van der Waals surface area contributed by atoms with E-state index < -0.39 is 23.1 Å². The van der Waals surface area contributed by atoms with Crippen LogP contribution in [-0.4, -0.2) is 142 Å². The van der Waals surface area contributed by atoms with Crippen molar-refractivity contribution < 1.29 is 78.7 Å². The monoisotopic (exact) mass is 1370 g/mol. The Labute approximate surface area is 568 Å². The maximum atomic E-state index is 13.4. The number of aromatic nitrogens is 7. The Bertz CT molecular complexity index is 3680. The average molecular weight is 1370 g/mol. The molecule has 3 aliphatic rings. The van der Waals surface area contributed by atoms with Crippen molar-refractivity contribution in [3.63, 3.8) is 0 Å². The Morgan fingerprint density at radius 1 is 0.521 bits per heavy atom. The van der Waals surface area contributed by atoms with Gasteiger partial charge in [0.25, 0.3) is 11.9 Å². The van der Waals surface area contributed by atoms with E-state index in [1.165, 1.54) is 48.5 Å². The number of carbonyl (C=O) groups is 6. The predicted octanol–water partition coefficient (Wildman–Crippen LogP) is 14.4. The number of ketones is 1. The Morgan fingerprint density at radius 2 is 0.854 bits per heavy atom. The molecule has 1 unspecified atom stereocenters. The first-order chi connectivity index (χ1) is 45.2. The number of benzene rings is 3. The minimum Gasteiger partial charge on any atom is -0.481 e. The van der Waals surface area contributed by atoms with Crippen molar-refractivity contribution in [3.05, 3.63) is 187 Å². The number of rotatable bonds is 10. The number of aldehydes is 1. The van der Waals surface area contributed by atoms with Crippen LogP contribution >= 0.6 is 0 Å². The zero-order valence-corrected chi connectivity index (χ0v) is 56.4. The van der Waals surface area contributed by atoms with E-state index in [9.17, 15) is 32.3 Å². The van der Waals surface area contributed by atoms with Gasteiger partial charge in [0.15, 0.2) is 5.78 Å². The molecule has 11 rings (SSSR count). The second kappa shape index (κ2) is 37.6. The van der Waals surface area contributed by atoms with Gasteiger partial charge in [-0.2, -0.15) is 0 Å². The molecule has 3 saturated heterocycles. The van der Waals surface area contributed by atoms with Crippen molar-refractivity contribution in [3.8, 4) is 45.0 Å². The number of carbonyl (C=O) groups excluding carboxylic acids is 4. The number of ether oxygens (including phenoxy) is 2. The third-order valence-electron chi connectivity index (χ3n) is 15.0. The summed E-state index contributed by atoms with van der Waals surface area (Å²) in [5.74, 6) is -0.133. The number of imidazole rings is 2. The number of halogens is 3. The maximum absolute atomic E-state index is 13.4. The number of carboxylic acid groups (broad SMARTS) is 2. The van der Waals surface area contributed by atoms with Crippen LogP contribution in [0.3, 0.4) is 0 Å². The number of aliphatic carboxylic acids is 2. The number of Topliss-reactive ketones (excluding diaryl/α,β-unsaturated/α-hetero) is 1. The quantitative estimate of drug-likeness (QED) is 0.0483. The normalized spacial score (nSPS) is 14.4. The van der Waals surface area contributed by atoms with E-state index in [4.69, 9.17) is 39.2 Å². The molecule has 3 aromatic carbocycles. The van der Waals surface area contributed by atoms with Gasteiger partial charge in [0.2, 0.25) is 0 Å². The third kappa shape index (κ3) is 25.4. The molecule has 8 aromatic rings. The molecule has 0 saturated carbocycles. The SMILES string of the molecule is CC(=O)O.CC(=O)O.CC(C(=O)c1ccc(F)cc1)c1ccncc1.CC(C)(C)OC(=O)N1CCC(C=O)CC1.CC(C)(C)OC(=O)N1CCC(c2nc(-c3ccc(F)cc3)c(-c3ccncc3)[nH]2)CC1.Fc1ccc(-c2nc(C3CCNCC3)[nH]c2-c2ccncc2)cc1.[Cu]. The van der Waals surface area contributed by atoms with Gasteiger partial charge in [-0.3, -0.25) is 29.3 Å². The number of aromatic amines is 2. The first kappa shape index (κ1) is 77.3. The van der Waals surface area contributed by atoms with Gasteiger partial charge in [0.05, 0.1) is 22.8 Å². The molecule has 1 atom stereocenters. The van der Waals surface area contributed by atoms with Crippen molar-refractivity contribution >= 4 is 36.2 Å². The number of amides is 2. The van der Waals surface area contributed by atoms with Crippen LogP contribution in [0.5, 0.6) is 0 Å². The molecular weight excluding hydrogens is 1290 g/mol. The van der Waals surface area contributed by atoms with E-state index in [2.05, 4.69) is 30.2 Å². The summed E-state index contributed by atoms with van der Waals surface area (Å²) in [6.45, 7) is 19.7. The van der Waals surface area contributed by atoms with Crippen LogP contribution in [0.1, 0.15) is 146 Å². The van der Waals surface area contributed by atoms with E-state index >= 15 is 0 Å². The smallest absolute Gasteiger partial charge is 0.410 e. The number of carboxylic acids is 2. The molecule has 5 aromatic heterocycles. The van der Waals surface area contributed by atoms with Crippen LogP contribution in [0.25, 0.3) is 45.0 Å². The molecule has 1 radical (unpaired) electrons. The average Bonchev–Trinajstić information content (AvgIpc) is 1.66. The maximum Gasteiger partial charge on any atom is 0.410 e. The fourth-order valence-electron chi connectivity index (χ4n) is 10.2. The van der Waals surface area contributed by atoms with Crippen LogP contribution < -0.4 is 5.32 Å². The summed E-state index contributed by atoms with van der Waals surface area (Å²) >= 11 is 0. The second-order valence-electron chi connectivity index (χ2n) is 24.8. The van der Waals surface area contributed by atoms with Gasteiger partial charge in [-0.15, -0.1) is 0 Å². The number of pyridine rings is 3. The minimum atomic E-state index is -0.833. The van der Waals surface area contributed by atoms with Gasteiger partial charge in [-0.25, -0.2) is 32.7 Å². The molecule has 0 bridgehead atoms. The molecule has 3 fully saturated rings. The molecule has 24 heteroatoms. The van der Waals surface area contributed by atoms with Crippen molar-refractivity contribution in [1.29, 1.82) is 0 Å². The molecule has 96 heavy (non-hydrogen) atoms. The summed E-state index contributed by atoms with van der Waals surface area (Å²) < 4.78 is 50.2. The fourth-order valence-corrected chi connectivity index (χ4v) is 10.2. The second-order valence-corrected chi connectivity index (χ2v) is 24.8. The van der Waals surface area contributed by atoms with E-state index in [0.29, 0.717) is 37.7 Å². The van der Waals surface area contributed by atoms with Gasteiger partial charge in [-0.1, -0.05) is 6.92 Å². The van der Waals surface area contributed by atoms with Gasteiger partial charge < -0.3 is 49.6 Å². The number of hydrogen-bond acceptors (Lipinski definition) is 14. The number of piperidine rings is 3. The largest absolute Gasteiger partial charge is 0.481 e. The zero-order valence-electron chi connectivity index (χ0n) is 55.5. The minimum absolute atomic E-state index is 0. The summed E-state index contributed by atoms with van der Waals surface area (Å²) in [7, 11) is 0. The molecule has 2 amide bonds. The Hall–Kier alpha value is -9.38. The van der Waals surface area contributed by atoms with E-state index in [1.807, 2.05) is 84.9 Å². The van der Waals surface area contributed by atoms with Gasteiger partial charge in [-0.05, 0) is 208 Å². The number of hydrogen-bond donors (Lipinski definition) is 5. The van der Waals surface area contributed by atoms with Crippen molar-refractivity contribution in [2.24, 2.45) is 5.92 Å². The Balaban J connectivity index is 0.000000229. The van der Waals surface area contributed by atoms with Crippen molar-refractivity contribution in [2.75, 3.05) is 39.3 Å². The van der Waals surface area contributed by atoms with E-state index in [-0.39, 0.29) is 70.2 Å². The number of nitrogens with zero attached hydrogens (tertiary/aromatic N) is 7. The summed E-state index contributed by atoms with van der Waals surface area (Å²) in [6, 6.07) is 29.9. The summed E-state index contributed by atoms with van der Waals surface area (Å²) in [4.78, 5) is 97.0.